The van der Waals surface area contributed by atoms with Crippen molar-refractivity contribution in [2.45, 2.75) is 18.9 Å². The second-order valence-electron chi connectivity index (χ2n) is 8.28. The van der Waals surface area contributed by atoms with Gasteiger partial charge in [-0.3, -0.25) is 15.2 Å². The van der Waals surface area contributed by atoms with Crippen molar-refractivity contribution in [2.75, 3.05) is 56.7 Å². The van der Waals surface area contributed by atoms with Crippen molar-refractivity contribution in [2.24, 2.45) is 10.7 Å². The topological polar surface area (TPSA) is 104 Å². The van der Waals surface area contributed by atoms with Gasteiger partial charge in [0.15, 0.2) is 6.20 Å². The number of amides is 1. The molecule has 169 valence electrons. The summed E-state index contributed by atoms with van der Waals surface area (Å²) >= 11 is 0. The number of nitrogens with one attached hydrogen (secondary N) is 2. The first-order valence-corrected chi connectivity index (χ1v) is 11.1. The van der Waals surface area contributed by atoms with Crippen LogP contribution in [0.2, 0.25) is 0 Å². The van der Waals surface area contributed by atoms with E-state index in [1.165, 1.54) is 0 Å². The smallest absolute Gasteiger partial charge is 0.299 e. The lowest BCUT2D eigenvalue weighted by molar-refractivity contribution is -0.120. The number of ether oxygens (including phenoxy) is 1. The van der Waals surface area contributed by atoms with Crippen LogP contribution in [0.3, 0.4) is 0 Å². The lowest BCUT2D eigenvalue weighted by Gasteiger charge is -2.34. The monoisotopic (exact) mass is 438 g/mol. The number of benzene rings is 1. The molecule has 0 bridgehead atoms. The number of rotatable bonds is 6. The van der Waals surface area contributed by atoms with Crippen LogP contribution in [0, 0.1) is 0 Å². The largest absolute Gasteiger partial charge is 0.494 e. The molecule has 1 amide bonds. The second-order valence-corrected chi connectivity index (χ2v) is 8.28. The molecule has 10 heteroatoms. The van der Waals surface area contributed by atoms with Gasteiger partial charge in [-0.2, -0.15) is 4.99 Å². The predicted molar refractivity (Wildman–Crippen MR) is 124 cm³/mol. The maximum absolute atomic E-state index is 12.5. The minimum atomic E-state index is -0.742. The predicted octanol–water partition coefficient (Wildman–Crippen LogP) is 0.519. The van der Waals surface area contributed by atoms with Gasteiger partial charge in [0.2, 0.25) is 6.04 Å². The number of amidine groups is 1. The highest BCUT2D eigenvalue weighted by molar-refractivity contribution is 6.10. The molecule has 0 aliphatic carbocycles. The van der Waals surface area contributed by atoms with Crippen LogP contribution in [0.1, 0.15) is 12.8 Å². The van der Waals surface area contributed by atoms with Crippen LogP contribution < -0.4 is 31.0 Å². The fourth-order valence-corrected chi connectivity index (χ4v) is 4.67. The highest BCUT2D eigenvalue weighted by atomic mass is 16.5. The number of carbonyl (C=O) groups is 1. The van der Waals surface area contributed by atoms with Gasteiger partial charge in [-0.05, 0) is 29.9 Å². The molecular formula is C22H30N8O2+. The fraction of sp³-hybridized carbons (Fsp3) is 0.455. The Hall–Kier alpha value is -3.24. The SMILES string of the molecule is COc1cc(N2CCNCC2)ccc1NN1C=C(N2CCCC2)[N+]2C=CN=C2C1C(N)=O. The number of piperazine rings is 1. The number of nitrogens with two attached hydrogens (primary N) is 1. The van der Waals surface area contributed by atoms with Gasteiger partial charge >= 0.3 is 0 Å². The third-order valence-corrected chi connectivity index (χ3v) is 6.31. The molecule has 1 atom stereocenters. The maximum atomic E-state index is 12.5. The number of fused-ring (bicyclic) bond motifs is 1. The minimum Gasteiger partial charge on any atom is -0.494 e. The number of methoxy groups -OCH3 is 1. The van der Waals surface area contributed by atoms with Gasteiger partial charge in [0.25, 0.3) is 17.6 Å². The van der Waals surface area contributed by atoms with Crippen molar-refractivity contribution in [3.8, 4) is 5.75 Å². The van der Waals surface area contributed by atoms with Gasteiger partial charge in [0.1, 0.15) is 11.9 Å². The van der Waals surface area contributed by atoms with Gasteiger partial charge in [-0.1, -0.05) is 0 Å². The van der Waals surface area contributed by atoms with E-state index >= 15 is 0 Å². The van der Waals surface area contributed by atoms with Crippen LogP contribution in [-0.4, -0.2) is 74.1 Å². The van der Waals surface area contributed by atoms with E-state index in [0.717, 1.165) is 69.3 Å². The molecule has 4 heterocycles. The average molecular weight is 439 g/mol. The molecule has 0 saturated carbocycles. The highest BCUT2D eigenvalue weighted by Crippen LogP contribution is 2.33. The first-order valence-electron chi connectivity index (χ1n) is 11.1. The highest BCUT2D eigenvalue weighted by Gasteiger charge is 2.49. The van der Waals surface area contributed by atoms with Crippen molar-refractivity contribution in [3.05, 3.63) is 42.6 Å². The molecule has 0 spiro atoms. The molecule has 4 aliphatic rings. The lowest BCUT2D eigenvalue weighted by Crippen LogP contribution is -2.59. The van der Waals surface area contributed by atoms with Gasteiger partial charge in [-0.15, -0.1) is 0 Å². The maximum Gasteiger partial charge on any atom is 0.299 e. The standard InChI is InChI=1S/C22H30N8O2/c1-32-18-14-16(27-11-6-24-7-12-27)4-5-17(18)26-30-15-19(28-9-2-3-10-28)29-13-8-25-22(29)20(30)21(23)31/h4-5,8,13-15,20,24,26H,2-3,6-7,9-12H2,1H3,(H2,23,31)/q+1. The zero-order chi connectivity index (χ0) is 22.1. The van der Waals surface area contributed by atoms with Gasteiger partial charge < -0.3 is 25.6 Å². The molecule has 10 nitrogen and oxygen atoms in total. The average Bonchev–Trinajstić information content (AvgIpc) is 3.51. The van der Waals surface area contributed by atoms with Crippen molar-refractivity contribution >= 4 is 23.1 Å². The number of hydrogen-bond acceptors (Lipinski definition) is 9. The zero-order valence-corrected chi connectivity index (χ0v) is 18.3. The van der Waals surface area contributed by atoms with Gasteiger partial charge in [-0.25, -0.2) is 0 Å². The molecule has 5 rings (SSSR count). The van der Waals surface area contributed by atoms with Crippen LogP contribution in [0.4, 0.5) is 11.4 Å². The number of carbonyl (C=O) groups excluding carboxylic acids is 1. The van der Waals surface area contributed by atoms with Crippen molar-refractivity contribution in [1.82, 2.24) is 20.1 Å². The molecule has 1 unspecified atom stereocenters. The molecule has 1 aromatic carbocycles. The van der Waals surface area contributed by atoms with E-state index in [2.05, 4.69) is 31.6 Å². The quantitative estimate of drug-likeness (QED) is 0.556. The van der Waals surface area contributed by atoms with E-state index in [1.54, 1.807) is 18.3 Å². The van der Waals surface area contributed by atoms with E-state index in [0.29, 0.717) is 11.6 Å². The second kappa shape index (κ2) is 8.71. The molecular weight excluding hydrogens is 408 g/mol. The summed E-state index contributed by atoms with van der Waals surface area (Å²) in [5.74, 6) is 1.81. The third kappa shape index (κ3) is 3.76. The fourth-order valence-electron chi connectivity index (χ4n) is 4.67. The molecule has 2 saturated heterocycles. The van der Waals surface area contributed by atoms with Crippen molar-refractivity contribution in [3.63, 3.8) is 0 Å². The Bertz CT molecular complexity index is 963. The van der Waals surface area contributed by atoms with Crippen LogP contribution in [0.25, 0.3) is 0 Å². The summed E-state index contributed by atoms with van der Waals surface area (Å²) in [5, 5.41) is 5.12. The van der Waals surface area contributed by atoms with Gasteiger partial charge in [0, 0.05) is 51.0 Å². The Balaban J connectivity index is 1.46. The minimum absolute atomic E-state index is 0.474. The Labute approximate surface area is 187 Å². The van der Waals surface area contributed by atoms with E-state index in [4.69, 9.17) is 10.5 Å². The van der Waals surface area contributed by atoms with Crippen LogP contribution >= 0.6 is 0 Å². The normalized spacial score (nSPS) is 23.2. The number of anilines is 2. The van der Waals surface area contributed by atoms with Crippen LogP contribution in [-0.2, 0) is 4.79 Å². The van der Waals surface area contributed by atoms with Crippen LogP contribution in [0.15, 0.2) is 47.6 Å². The number of hydrazine groups is 1. The number of aliphatic imine (C=N–C) groups is 1. The molecule has 2 fully saturated rings. The zero-order valence-electron chi connectivity index (χ0n) is 18.3. The van der Waals surface area contributed by atoms with Crippen molar-refractivity contribution in [1.29, 1.82) is 0 Å². The summed E-state index contributed by atoms with van der Waals surface area (Å²) in [5.41, 5.74) is 11.1. The van der Waals surface area contributed by atoms with Gasteiger partial charge in [0.05, 0.1) is 19.0 Å². The molecule has 1 aromatic rings. The summed E-state index contributed by atoms with van der Waals surface area (Å²) < 4.78 is 5.70. The van der Waals surface area contributed by atoms with Crippen molar-refractivity contribution < 1.29 is 9.53 Å². The molecule has 32 heavy (non-hydrogen) atoms. The number of primary amides is 1. The third-order valence-electron chi connectivity index (χ3n) is 6.31. The van der Waals surface area contributed by atoms with E-state index in [-0.39, 0.29) is 0 Å². The summed E-state index contributed by atoms with van der Waals surface area (Å²) in [6.45, 7) is 5.79. The number of hydrogen-bond donors (Lipinski definition) is 3. The molecule has 0 aromatic heterocycles. The summed E-state index contributed by atoms with van der Waals surface area (Å²) in [4.78, 5) is 23.5. The Kier molecular flexibility index (Phi) is 5.62. The summed E-state index contributed by atoms with van der Waals surface area (Å²) in [6, 6.07) is 5.35. The van der Waals surface area contributed by atoms with E-state index < -0.39 is 11.9 Å². The Morgan fingerprint density at radius 1 is 1.22 bits per heavy atom. The first-order chi connectivity index (χ1) is 15.7. The molecule has 4 N–H and O–H groups in total. The number of likely N-dealkylation sites (tertiary alicyclic amines) is 1. The first kappa shape index (κ1) is 20.7. The Morgan fingerprint density at radius 3 is 2.72 bits per heavy atom. The lowest BCUT2D eigenvalue weighted by atomic mass is 10.2. The summed E-state index contributed by atoms with van der Waals surface area (Å²) in [6.07, 6.45) is 7.83. The van der Waals surface area contributed by atoms with E-state index in [9.17, 15) is 4.79 Å². The number of nitrogens with zero attached hydrogens (tertiary/aromatic N) is 5. The van der Waals surface area contributed by atoms with Crippen LogP contribution in [0.5, 0.6) is 5.75 Å². The van der Waals surface area contributed by atoms with E-state index in [1.807, 2.05) is 29.4 Å². The molecule has 1 radical (unpaired) electrons. The molecule has 4 aliphatic heterocycles. The Morgan fingerprint density at radius 2 is 2.00 bits per heavy atom. The summed E-state index contributed by atoms with van der Waals surface area (Å²) in [7, 11) is 1.65.